The van der Waals surface area contributed by atoms with Gasteiger partial charge in [0.1, 0.15) is 0 Å². The first-order valence-electron chi connectivity index (χ1n) is 7.50. The fourth-order valence-corrected chi connectivity index (χ4v) is 2.48. The lowest BCUT2D eigenvalue weighted by Gasteiger charge is -2.11. The van der Waals surface area contributed by atoms with Gasteiger partial charge >= 0.3 is 0 Å². The van der Waals surface area contributed by atoms with Crippen LogP contribution < -0.4 is 20.1 Å². The van der Waals surface area contributed by atoms with E-state index in [1.54, 1.807) is 44.6 Å². The summed E-state index contributed by atoms with van der Waals surface area (Å²) in [4.78, 5) is 4.37. The zero-order chi connectivity index (χ0) is 18.5. The van der Waals surface area contributed by atoms with Crippen molar-refractivity contribution in [3.63, 3.8) is 0 Å². The number of anilines is 4. The van der Waals surface area contributed by atoms with Crippen molar-refractivity contribution < 1.29 is 9.47 Å². The summed E-state index contributed by atoms with van der Waals surface area (Å²) in [7, 11) is 3.15. The van der Waals surface area contributed by atoms with Crippen LogP contribution >= 0.6 is 23.2 Å². The number of nitrogens with zero attached hydrogens (tertiary/aromatic N) is 3. The third-order valence-electron chi connectivity index (χ3n) is 3.39. The Morgan fingerprint density at radius 2 is 1.58 bits per heavy atom. The van der Waals surface area contributed by atoms with Crippen molar-refractivity contribution >= 4 is 46.3 Å². The van der Waals surface area contributed by atoms with Gasteiger partial charge in [-0.1, -0.05) is 23.2 Å². The largest absolute Gasteiger partial charge is 0.493 e. The second kappa shape index (κ2) is 8.07. The molecular weight excluding hydrogens is 377 g/mol. The van der Waals surface area contributed by atoms with E-state index in [1.807, 2.05) is 6.07 Å². The van der Waals surface area contributed by atoms with Crippen molar-refractivity contribution in [2.24, 2.45) is 0 Å². The van der Waals surface area contributed by atoms with Gasteiger partial charge in [-0.25, -0.2) is 0 Å². The number of halogens is 2. The van der Waals surface area contributed by atoms with E-state index < -0.39 is 0 Å². The van der Waals surface area contributed by atoms with E-state index in [0.29, 0.717) is 33.3 Å². The predicted molar refractivity (Wildman–Crippen MR) is 102 cm³/mol. The van der Waals surface area contributed by atoms with Gasteiger partial charge in [0.2, 0.25) is 5.95 Å². The van der Waals surface area contributed by atoms with Gasteiger partial charge in [-0.15, -0.1) is 5.10 Å². The Balaban J connectivity index is 1.78. The highest BCUT2D eigenvalue weighted by atomic mass is 35.5. The van der Waals surface area contributed by atoms with E-state index in [4.69, 9.17) is 32.7 Å². The van der Waals surface area contributed by atoms with Gasteiger partial charge in [0.15, 0.2) is 17.3 Å². The van der Waals surface area contributed by atoms with Crippen molar-refractivity contribution in [2.45, 2.75) is 0 Å². The van der Waals surface area contributed by atoms with Crippen LogP contribution in [-0.4, -0.2) is 29.4 Å². The molecule has 2 N–H and O–H groups in total. The molecule has 2 aromatic carbocycles. The normalized spacial score (nSPS) is 10.3. The number of methoxy groups -OCH3 is 2. The quantitative estimate of drug-likeness (QED) is 0.630. The zero-order valence-corrected chi connectivity index (χ0v) is 15.5. The average molecular weight is 392 g/mol. The maximum atomic E-state index is 6.02. The third kappa shape index (κ3) is 4.25. The molecule has 26 heavy (non-hydrogen) atoms. The van der Waals surface area contributed by atoms with E-state index in [9.17, 15) is 0 Å². The SMILES string of the molecule is COc1ccc(Nc2nncc(Nc3ccc(Cl)c(Cl)c3)n2)cc1OC. The molecule has 9 heteroatoms. The molecule has 3 rings (SSSR count). The second-order valence-corrected chi connectivity index (χ2v) is 5.93. The lowest BCUT2D eigenvalue weighted by atomic mass is 10.3. The Labute approximate surface area is 160 Å². The molecule has 0 amide bonds. The van der Waals surface area contributed by atoms with Gasteiger partial charge in [-0.2, -0.15) is 10.1 Å². The fraction of sp³-hybridized carbons (Fsp3) is 0.118. The van der Waals surface area contributed by atoms with Gasteiger partial charge in [-0.3, -0.25) is 0 Å². The Hall–Kier alpha value is -2.77. The summed E-state index contributed by atoms with van der Waals surface area (Å²) >= 11 is 11.9. The average Bonchev–Trinajstić information content (AvgIpc) is 2.65. The van der Waals surface area contributed by atoms with Crippen molar-refractivity contribution in [2.75, 3.05) is 24.9 Å². The molecule has 1 aromatic heterocycles. The Kier molecular flexibility index (Phi) is 5.60. The topological polar surface area (TPSA) is 81.2 Å². The van der Waals surface area contributed by atoms with Gasteiger partial charge in [0.25, 0.3) is 0 Å². The van der Waals surface area contributed by atoms with Crippen molar-refractivity contribution in [3.05, 3.63) is 52.6 Å². The molecule has 0 saturated carbocycles. The maximum Gasteiger partial charge on any atom is 0.249 e. The number of hydrogen-bond acceptors (Lipinski definition) is 7. The van der Waals surface area contributed by atoms with Crippen molar-refractivity contribution in [3.8, 4) is 11.5 Å². The molecule has 0 aliphatic rings. The number of rotatable bonds is 6. The minimum absolute atomic E-state index is 0.322. The molecule has 0 aliphatic carbocycles. The van der Waals surface area contributed by atoms with Crippen LogP contribution in [0.2, 0.25) is 10.0 Å². The van der Waals surface area contributed by atoms with E-state index >= 15 is 0 Å². The summed E-state index contributed by atoms with van der Waals surface area (Å²) in [6, 6.07) is 10.6. The Morgan fingerprint density at radius 1 is 0.846 bits per heavy atom. The molecule has 0 radical (unpaired) electrons. The monoisotopic (exact) mass is 391 g/mol. The summed E-state index contributed by atoms with van der Waals surface area (Å²) in [6.45, 7) is 0. The summed E-state index contributed by atoms with van der Waals surface area (Å²) < 4.78 is 10.5. The molecule has 0 saturated heterocycles. The lowest BCUT2D eigenvalue weighted by Crippen LogP contribution is -2.02. The second-order valence-electron chi connectivity index (χ2n) is 5.11. The number of nitrogens with one attached hydrogen (secondary N) is 2. The highest BCUT2D eigenvalue weighted by Gasteiger charge is 2.07. The zero-order valence-electron chi connectivity index (χ0n) is 14.0. The first kappa shape index (κ1) is 18.0. The van der Waals surface area contributed by atoms with E-state index in [1.165, 1.54) is 6.20 Å². The number of ether oxygens (including phenoxy) is 2. The van der Waals surface area contributed by atoms with Crippen LogP contribution in [0.3, 0.4) is 0 Å². The highest BCUT2D eigenvalue weighted by molar-refractivity contribution is 6.42. The molecular formula is C17H15Cl2N5O2. The molecule has 3 aromatic rings. The maximum absolute atomic E-state index is 6.02. The van der Waals surface area contributed by atoms with Crippen LogP contribution in [0.1, 0.15) is 0 Å². The van der Waals surface area contributed by atoms with Gasteiger partial charge in [0.05, 0.1) is 30.5 Å². The fourth-order valence-electron chi connectivity index (χ4n) is 2.18. The van der Waals surface area contributed by atoms with Crippen LogP contribution in [-0.2, 0) is 0 Å². The first-order valence-corrected chi connectivity index (χ1v) is 8.25. The molecule has 0 fully saturated rings. The number of benzene rings is 2. The van der Waals surface area contributed by atoms with Crippen LogP contribution in [0.15, 0.2) is 42.6 Å². The molecule has 0 atom stereocenters. The van der Waals surface area contributed by atoms with Crippen molar-refractivity contribution in [1.29, 1.82) is 0 Å². The molecule has 0 unspecified atom stereocenters. The standard InChI is InChI=1S/C17H15Cl2N5O2/c1-25-14-6-4-11(8-15(14)26-2)22-17-23-16(9-20-24-17)21-10-3-5-12(18)13(19)7-10/h3-9H,1-2H3,(H2,21,22,23,24). The highest BCUT2D eigenvalue weighted by Crippen LogP contribution is 2.31. The van der Waals surface area contributed by atoms with Gasteiger partial charge < -0.3 is 20.1 Å². The summed E-state index contributed by atoms with van der Waals surface area (Å²) in [5, 5.41) is 15.0. The molecule has 0 spiro atoms. The minimum atomic E-state index is 0.322. The van der Waals surface area contributed by atoms with Gasteiger partial charge in [-0.05, 0) is 30.3 Å². The predicted octanol–water partition coefficient (Wildman–Crippen LogP) is 4.68. The van der Waals surface area contributed by atoms with Crippen LogP contribution in [0.5, 0.6) is 11.5 Å². The Morgan fingerprint density at radius 3 is 2.31 bits per heavy atom. The first-order chi connectivity index (χ1) is 12.6. The van der Waals surface area contributed by atoms with Gasteiger partial charge in [0, 0.05) is 17.4 Å². The summed E-state index contributed by atoms with van der Waals surface area (Å²) in [6.07, 6.45) is 1.50. The number of aromatic nitrogens is 3. The lowest BCUT2D eigenvalue weighted by molar-refractivity contribution is 0.355. The number of hydrogen-bond donors (Lipinski definition) is 2. The van der Waals surface area contributed by atoms with Crippen LogP contribution in [0.25, 0.3) is 0 Å². The third-order valence-corrected chi connectivity index (χ3v) is 4.13. The Bertz CT molecular complexity index is 923. The molecule has 0 bridgehead atoms. The molecule has 1 heterocycles. The summed E-state index contributed by atoms with van der Waals surface area (Å²) in [5.41, 5.74) is 1.47. The van der Waals surface area contributed by atoms with Crippen molar-refractivity contribution in [1.82, 2.24) is 15.2 Å². The smallest absolute Gasteiger partial charge is 0.249 e. The van der Waals surface area contributed by atoms with E-state index in [-0.39, 0.29) is 0 Å². The molecule has 7 nitrogen and oxygen atoms in total. The van der Waals surface area contributed by atoms with E-state index in [2.05, 4.69) is 25.8 Å². The van der Waals surface area contributed by atoms with E-state index in [0.717, 1.165) is 11.4 Å². The molecule has 0 aliphatic heterocycles. The molecule has 134 valence electrons. The van der Waals surface area contributed by atoms with Crippen LogP contribution in [0, 0.1) is 0 Å². The summed E-state index contributed by atoms with van der Waals surface area (Å²) in [5.74, 6) is 2.05. The minimum Gasteiger partial charge on any atom is -0.493 e. The van der Waals surface area contributed by atoms with Crippen LogP contribution in [0.4, 0.5) is 23.1 Å².